The van der Waals surface area contributed by atoms with E-state index < -0.39 is 11.9 Å². The Kier molecular flexibility index (Phi) is 4.69. The summed E-state index contributed by atoms with van der Waals surface area (Å²) < 4.78 is 0. The maximum absolute atomic E-state index is 12.2. The van der Waals surface area contributed by atoms with E-state index in [0.29, 0.717) is 37.1 Å². The van der Waals surface area contributed by atoms with E-state index in [9.17, 15) is 19.2 Å². The van der Waals surface area contributed by atoms with Gasteiger partial charge in [-0.15, -0.1) is 0 Å². The molecular weight excluding hydrogens is 326 g/mol. The van der Waals surface area contributed by atoms with Crippen molar-refractivity contribution in [3.8, 4) is 0 Å². The molecule has 2 N–H and O–H groups in total. The molecule has 0 saturated carbocycles. The first kappa shape index (κ1) is 16.9. The SMILES string of the molecule is O=C(O)C1CCN(C(=O)NCCN2C(=O)c3ccccc3C2=O)CC1. The third kappa shape index (κ3) is 3.33. The molecule has 8 nitrogen and oxygen atoms in total. The van der Waals surface area contributed by atoms with E-state index in [2.05, 4.69) is 5.32 Å². The zero-order valence-corrected chi connectivity index (χ0v) is 13.6. The van der Waals surface area contributed by atoms with E-state index in [1.54, 1.807) is 29.2 Å². The summed E-state index contributed by atoms with van der Waals surface area (Å²) in [6.45, 7) is 1.03. The Hall–Kier alpha value is -2.90. The molecule has 2 aliphatic heterocycles. The third-order valence-corrected chi connectivity index (χ3v) is 4.62. The van der Waals surface area contributed by atoms with Gasteiger partial charge in [-0.25, -0.2) is 4.79 Å². The molecule has 0 radical (unpaired) electrons. The number of carbonyl (C=O) groups excluding carboxylic acids is 3. The summed E-state index contributed by atoms with van der Waals surface area (Å²) in [5.41, 5.74) is 0.768. The second kappa shape index (κ2) is 6.92. The van der Waals surface area contributed by atoms with Crippen LogP contribution in [0.15, 0.2) is 24.3 Å². The first-order valence-electron chi connectivity index (χ1n) is 8.20. The number of hydrogen-bond acceptors (Lipinski definition) is 4. The summed E-state index contributed by atoms with van der Waals surface area (Å²) in [5.74, 6) is -1.93. The van der Waals surface area contributed by atoms with Gasteiger partial charge in [-0.2, -0.15) is 0 Å². The second-order valence-electron chi connectivity index (χ2n) is 6.14. The number of carbonyl (C=O) groups is 4. The lowest BCUT2D eigenvalue weighted by molar-refractivity contribution is -0.143. The Balaban J connectivity index is 1.48. The van der Waals surface area contributed by atoms with Crippen LogP contribution in [0, 0.1) is 5.92 Å². The van der Waals surface area contributed by atoms with Crippen molar-refractivity contribution in [2.24, 2.45) is 5.92 Å². The summed E-state index contributed by atoms with van der Waals surface area (Å²) in [6.07, 6.45) is 0.863. The number of aliphatic carboxylic acids is 1. The number of carboxylic acids is 1. The van der Waals surface area contributed by atoms with Gasteiger partial charge in [0.2, 0.25) is 0 Å². The highest BCUT2D eigenvalue weighted by atomic mass is 16.4. The number of amides is 4. The molecule has 0 aromatic heterocycles. The third-order valence-electron chi connectivity index (χ3n) is 4.62. The molecule has 2 aliphatic rings. The zero-order chi connectivity index (χ0) is 18.0. The van der Waals surface area contributed by atoms with Crippen LogP contribution in [0.4, 0.5) is 4.79 Å². The standard InChI is InChI=1S/C17H19N3O5/c21-14-12-3-1-2-4-13(12)15(22)20(14)10-7-18-17(25)19-8-5-11(6-9-19)16(23)24/h1-4,11H,5-10H2,(H,18,25)(H,23,24). The molecule has 1 fully saturated rings. The Bertz CT molecular complexity index is 690. The van der Waals surface area contributed by atoms with Gasteiger partial charge in [0.25, 0.3) is 11.8 Å². The number of likely N-dealkylation sites (tertiary alicyclic amines) is 1. The minimum absolute atomic E-state index is 0.101. The second-order valence-corrected chi connectivity index (χ2v) is 6.14. The Morgan fingerprint density at radius 1 is 1.08 bits per heavy atom. The number of fused-ring (bicyclic) bond motifs is 1. The van der Waals surface area contributed by atoms with E-state index in [1.165, 1.54) is 0 Å². The van der Waals surface area contributed by atoms with Crippen molar-refractivity contribution >= 4 is 23.8 Å². The van der Waals surface area contributed by atoms with E-state index in [0.717, 1.165) is 4.90 Å². The van der Waals surface area contributed by atoms with Crippen molar-refractivity contribution in [1.29, 1.82) is 0 Å². The largest absolute Gasteiger partial charge is 0.481 e. The van der Waals surface area contributed by atoms with Crippen LogP contribution in [0.3, 0.4) is 0 Å². The van der Waals surface area contributed by atoms with Gasteiger partial charge in [0, 0.05) is 26.2 Å². The summed E-state index contributed by atoms with van der Waals surface area (Å²) in [5, 5.41) is 11.6. The molecule has 0 spiro atoms. The van der Waals surface area contributed by atoms with Crippen molar-refractivity contribution in [2.45, 2.75) is 12.8 Å². The van der Waals surface area contributed by atoms with Crippen LogP contribution in [-0.4, -0.2) is 64.9 Å². The predicted molar refractivity (Wildman–Crippen MR) is 87.1 cm³/mol. The number of nitrogens with zero attached hydrogens (tertiary/aromatic N) is 2. The Morgan fingerprint density at radius 3 is 2.16 bits per heavy atom. The van der Waals surface area contributed by atoms with Gasteiger partial charge >= 0.3 is 12.0 Å². The number of rotatable bonds is 4. The molecule has 3 rings (SSSR count). The molecule has 8 heteroatoms. The highest BCUT2D eigenvalue weighted by Gasteiger charge is 2.34. The number of hydrogen-bond donors (Lipinski definition) is 2. The average Bonchev–Trinajstić information content (AvgIpc) is 2.87. The molecule has 25 heavy (non-hydrogen) atoms. The monoisotopic (exact) mass is 345 g/mol. The van der Waals surface area contributed by atoms with Crippen molar-refractivity contribution in [1.82, 2.24) is 15.1 Å². The van der Waals surface area contributed by atoms with E-state index in [1.807, 2.05) is 0 Å². The quantitative estimate of drug-likeness (QED) is 0.785. The smallest absolute Gasteiger partial charge is 0.317 e. The average molecular weight is 345 g/mol. The van der Waals surface area contributed by atoms with Crippen LogP contribution in [0.25, 0.3) is 0 Å². The molecule has 0 aliphatic carbocycles. The molecule has 2 heterocycles. The van der Waals surface area contributed by atoms with Crippen LogP contribution in [0.2, 0.25) is 0 Å². The molecule has 4 amide bonds. The highest BCUT2D eigenvalue weighted by Crippen LogP contribution is 2.22. The van der Waals surface area contributed by atoms with Crippen LogP contribution in [0.5, 0.6) is 0 Å². The van der Waals surface area contributed by atoms with Gasteiger partial charge in [0.15, 0.2) is 0 Å². The predicted octanol–water partition coefficient (Wildman–Crippen LogP) is 0.789. The minimum atomic E-state index is -0.828. The van der Waals surface area contributed by atoms with Crippen molar-refractivity contribution in [2.75, 3.05) is 26.2 Å². The molecule has 1 saturated heterocycles. The molecule has 0 atom stereocenters. The Labute approximate surface area is 144 Å². The van der Waals surface area contributed by atoms with E-state index in [-0.39, 0.29) is 30.9 Å². The summed E-state index contributed by atoms with van der Waals surface area (Å²) in [6, 6.07) is 6.33. The lowest BCUT2D eigenvalue weighted by atomic mass is 9.97. The highest BCUT2D eigenvalue weighted by molar-refractivity contribution is 6.21. The number of benzene rings is 1. The zero-order valence-electron chi connectivity index (χ0n) is 13.6. The molecular formula is C17H19N3O5. The number of nitrogens with one attached hydrogen (secondary N) is 1. The van der Waals surface area contributed by atoms with Gasteiger partial charge in [0.1, 0.15) is 0 Å². The molecule has 0 unspecified atom stereocenters. The fourth-order valence-electron chi connectivity index (χ4n) is 3.16. The molecule has 1 aromatic rings. The van der Waals surface area contributed by atoms with Gasteiger partial charge in [-0.1, -0.05) is 12.1 Å². The topological polar surface area (TPSA) is 107 Å². The van der Waals surface area contributed by atoms with Crippen molar-refractivity contribution < 1.29 is 24.3 Å². The van der Waals surface area contributed by atoms with Crippen molar-refractivity contribution in [3.63, 3.8) is 0 Å². The summed E-state index contributed by atoms with van der Waals surface area (Å²) in [7, 11) is 0. The lowest BCUT2D eigenvalue weighted by Crippen LogP contribution is -2.47. The number of urea groups is 1. The van der Waals surface area contributed by atoms with Gasteiger partial charge < -0.3 is 15.3 Å². The van der Waals surface area contributed by atoms with Crippen molar-refractivity contribution in [3.05, 3.63) is 35.4 Å². The molecule has 132 valence electrons. The maximum atomic E-state index is 12.2. The summed E-state index contributed by atoms with van der Waals surface area (Å²) >= 11 is 0. The maximum Gasteiger partial charge on any atom is 0.317 e. The first-order chi connectivity index (χ1) is 12.0. The van der Waals surface area contributed by atoms with Crippen LogP contribution in [0.1, 0.15) is 33.6 Å². The van der Waals surface area contributed by atoms with E-state index >= 15 is 0 Å². The number of carboxylic acid groups (broad SMARTS) is 1. The number of imide groups is 1. The fourth-order valence-corrected chi connectivity index (χ4v) is 3.16. The first-order valence-corrected chi connectivity index (χ1v) is 8.20. The fraction of sp³-hybridized carbons (Fsp3) is 0.412. The molecule has 1 aromatic carbocycles. The van der Waals surface area contributed by atoms with E-state index in [4.69, 9.17) is 5.11 Å². The lowest BCUT2D eigenvalue weighted by Gasteiger charge is -2.30. The minimum Gasteiger partial charge on any atom is -0.481 e. The summed E-state index contributed by atoms with van der Waals surface area (Å²) in [4.78, 5) is 50.1. The number of piperidine rings is 1. The Morgan fingerprint density at radius 2 is 1.64 bits per heavy atom. The van der Waals surface area contributed by atoms with Crippen LogP contribution in [-0.2, 0) is 4.79 Å². The van der Waals surface area contributed by atoms with Gasteiger partial charge in [0.05, 0.1) is 17.0 Å². The molecule has 0 bridgehead atoms. The van der Waals surface area contributed by atoms with Gasteiger partial charge in [-0.3, -0.25) is 19.3 Å². The normalized spacial score (nSPS) is 17.6. The van der Waals surface area contributed by atoms with Crippen LogP contribution < -0.4 is 5.32 Å². The van der Waals surface area contributed by atoms with Gasteiger partial charge in [-0.05, 0) is 25.0 Å². The van der Waals surface area contributed by atoms with Crippen LogP contribution >= 0.6 is 0 Å².